The number of nitrogens with zero attached hydrogens (tertiary/aromatic N) is 1. The van der Waals surface area contributed by atoms with Crippen molar-refractivity contribution in [1.29, 1.82) is 0 Å². The standard InChI is InChI=1S/C21H23F2NO/c1-4-14-12-24(19-7-5-6-15(10-19)13(2)3)21(25)20(14)16-8-17(22)11-18(23)9-16/h5-11,13-14,20H,4,12H2,1-3H3/t14-,20-/m1/s1. The number of benzene rings is 2. The van der Waals surface area contributed by atoms with Crippen molar-refractivity contribution in [3.8, 4) is 0 Å². The van der Waals surface area contributed by atoms with E-state index in [0.717, 1.165) is 18.2 Å². The number of carbonyl (C=O) groups excluding carboxylic acids is 1. The van der Waals surface area contributed by atoms with E-state index < -0.39 is 17.6 Å². The third kappa shape index (κ3) is 3.44. The number of anilines is 1. The zero-order valence-corrected chi connectivity index (χ0v) is 14.8. The van der Waals surface area contributed by atoms with Gasteiger partial charge in [0.2, 0.25) is 5.91 Å². The third-order valence-electron chi connectivity index (χ3n) is 5.04. The highest BCUT2D eigenvalue weighted by molar-refractivity contribution is 6.00. The summed E-state index contributed by atoms with van der Waals surface area (Å²) in [4.78, 5) is 14.8. The Labute approximate surface area is 147 Å². The van der Waals surface area contributed by atoms with Crippen molar-refractivity contribution in [2.75, 3.05) is 11.4 Å². The molecule has 1 heterocycles. The van der Waals surface area contributed by atoms with Gasteiger partial charge >= 0.3 is 0 Å². The smallest absolute Gasteiger partial charge is 0.234 e. The number of hydrogen-bond acceptors (Lipinski definition) is 1. The molecular formula is C21H23F2NO. The van der Waals surface area contributed by atoms with Crippen LogP contribution in [-0.4, -0.2) is 12.5 Å². The van der Waals surface area contributed by atoms with Gasteiger partial charge in [0.25, 0.3) is 0 Å². The quantitative estimate of drug-likeness (QED) is 0.743. The van der Waals surface area contributed by atoms with Crippen LogP contribution < -0.4 is 4.90 Å². The van der Waals surface area contributed by atoms with Crippen molar-refractivity contribution in [2.24, 2.45) is 5.92 Å². The molecule has 0 aliphatic carbocycles. The predicted molar refractivity (Wildman–Crippen MR) is 95.8 cm³/mol. The van der Waals surface area contributed by atoms with Crippen LogP contribution in [0.25, 0.3) is 0 Å². The van der Waals surface area contributed by atoms with Crippen LogP contribution in [0.5, 0.6) is 0 Å². The van der Waals surface area contributed by atoms with E-state index in [-0.39, 0.29) is 11.8 Å². The van der Waals surface area contributed by atoms with Gasteiger partial charge in [-0.05, 0) is 47.2 Å². The molecule has 0 bridgehead atoms. The van der Waals surface area contributed by atoms with Crippen LogP contribution in [0.3, 0.4) is 0 Å². The summed E-state index contributed by atoms with van der Waals surface area (Å²) < 4.78 is 27.3. The molecule has 2 aromatic rings. The maximum atomic E-state index is 13.6. The Morgan fingerprint density at radius 2 is 1.80 bits per heavy atom. The average molecular weight is 343 g/mol. The molecule has 132 valence electrons. The van der Waals surface area contributed by atoms with Crippen molar-refractivity contribution in [3.63, 3.8) is 0 Å². The Morgan fingerprint density at radius 3 is 2.40 bits per heavy atom. The Morgan fingerprint density at radius 1 is 1.12 bits per heavy atom. The van der Waals surface area contributed by atoms with Crippen molar-refractivity contribution in [2.45, 2.75) is 39.0 Å². The predicted octanol–water partition coefficient (Wildman–Crippen LogP) is 5.24. The number of hydrogen-bond donors (Lipinski definition) is 0. The molecule has 1 aliphatic rings. The van der Waals surface area contributed by atoms with Gasteiger partial charge < -0.3 is 4.90 Å². The van der Waals surface area contributed by atoms with Crippen LogP contribution in [-0.2, 0) is 4.79 Å². The lowest BCUT2D eigenvalue weighted by Gasteiger charge is -2.19. The molecule has 0 aromatic heterocycles. The lowest BCUT2D eigenvalue weighted by atomic mass is 9.87. The molecule has 1 fully saturated rings. The second-order valence-corrected chi connectivity index (χ2v) is 7.05. The summed E-state index contributed by atoms with van der Waals surface area (Å²) in [5.41, 5.74) is 2.45. The monoisotopic (exact) mass is 343 g/mol. The van der Waals surface area contributed by atoms with E-state index >= 15 is 0 Å². The summed E-state index contributed by atoms with van der Waals surface area (Å²) in [6.45, 7) is 6.80. The second-order valence-electron chi connectivity index (χ2n) is 7.05. The Hall–Kier alpha value is -2.23. The van der Waals surface area contributed by atoms with E-state index in [1.54, 1.807) is 4.90 Å². The van der Waals surface area contributed by atoms with Crippen molar-refractivity contribution >= 4 is 11.6 Å². The van der Waals surface area contributed by atoms with E-state index in [1.165, 1.54) is 17.7 Å². The summed E-state index contributed by atoms with van der Waals surface area (Å²) in [5, 5.41) is 0. The minimum absolute atomic E-state index is 0.0383. The molecule has 1 saturated heterocycles. The van der Waals surface area contributed by atoms with Gasteiger partial charge in [-0.1, -0.05) is 39.3 Å². The zero-order chi connectivity index (χ0) is 18.1. The number of halogens is 2. The SMILES string of the molecule is CC[C@@H]1CN(c2cccc(C(C)C)c2)C(=O)[C@H]1c1cc(F)cc(F)c1. The fourth-order valence-corrected chi connectivity index (χ4v) is 3.62. The second kappa shape index (κ2) is 6.95. The highest BCUT2D eigenvalue weighted by Crippen LogP contribution is 2.39. The summed E-state index contributed by atoms with van der Waals surface area (Å²) in [7, 11) is 0. The molecule has 2 aromatic carbocycles. The number of carbonyl (C=O) groups is 1. The van der Waals surface area contributed by atoms with E-state index in [9.17, 15) is 13.6 Å². The fourth-order valence-electron chi connectivity index (χ4n) is 3.62. The first kappa shape index (κ1) is 17.6. The minimum Gasteiger partial charge on any atom is -0.312 e. The molecule has 0 radical (unpaired) electrons. The average Bonchev–Trinajstić information content (AvgIpc) is 2.90. The molecule has 0 unspecified atom stereocenters. The van der Waals surface area contributed by atoms with Gasteiger partial charge in [-0.2, -0.15) is 0 Å². The van der Waals surface area contributed by atoms with Gasteiger partial charge in [-0.25, -0.2) is 8.78 Å². The van der Waals surface area contributed by atoms with Crippen LogP contribution in [0.1, 0.15) is 50.2 Å². The normalized spacial score (nSPS) is 20.6. The van der Waals surface area contributed by atoms with Crippen LogP contribution in [0, 0.1) is 17.6 Å². The Balaban J connectivity index is 1.97. The number of amides is 1. The van der Waals surface area contributed by atoms with Gasteiger partial charge in [0.15, 0.2) is 0 Å². The molecule has 0 spiro atoms. The molecule has 3 rings (SSSR count). The molecule has 4 heteroatoms. The highest BCUT2D eigenvalue weighted by atomic mass is 19.1. The molecular weight excluding hydrogens is 320 g/mol. The first-order valence-electron chi connectivity index (χ1n) is 8.78. The molecule has 2 nitrogen and oxygen atoms in total. The number of rotatable bonds is 4. The fraction of sp³-hybridized carbons (Fsp3) is 0.381. The van der Waals surface area contributed by atoms with Crippen LogP contribution in [0.2, 0.25) is 0 Å². The zero-order valence-electron chi connectivity index (χ0n) is 14.8. The van der Waals surface area contributed by atoms with Gasteiger partial charge in [0.1, 0.15) is 11.6 Å². The largest absolute Gasteiger partial charge is 0.312 e. The minimum atomic E-state index is -0.641. The van der Waals surface area contributed by atoms with Gasteiger partial charge in [0.05, 0.1) is 5.92 Å². The maximum absolute atomic E-state index is 13.6. The molecule has 0 N–H and O–H groups in total. The Bertz CT molecular complexity index is 767. The Kier molecular flexibility index (Phi) is 4.89. The molecule has 25 heavy (non-hydrogen) atoms. The van der Waals surface area contributed by atoms with Gasteiger partial charge in [-0.15, -0.1) is 0 Å². The molecule has 1 aliphatic heterocycles. The summed E-state index contributed by atoms with van der Waals surface area (Å²) >= 11 is 0. The van der Waals surface area contributed by atoms with Crippen molar-refractivity contribution in [3.05, 3.63) is 65.2 Å². The summed E-state index contributed by atoms with van der Waals surface area (Å²) in [6.07, 6.45) is 0.773. The van der Waals surface area contributed by atoms with Gasteiger partial charge in [-0.3, -0.25) is 4.79 Å². The van der Waals surface area contributed by atoms with E-state index in [1.807, 2.05) is 31.2 Å². The topological polar surface area (TPSA) is 20.3 Å². The van der Waals surface area contributed by atoms with E-state index in [2.05, 4.69) is 13.8 Å². The maximum Gasteiger partial charge on any atom is 0.234 e. The molecule has 1 amide bonds. The lowest BCUT2D eigenvalue weighted by Crippen LogP contribution is -2.26. The molecule has 2 atom stereocenters. The van der Waals surface area contributed by atoms with E-state index in [0.29, 0.717) is 18.0 Å². The van der Waals surface area contributed by atoms with E-state index in [4.69, 9.17) is 0 Å². The lowest BCUT2D eigenvalue weighted by molar-refractivity contribution is -0.118. The first-order valence-corrected chi connectivity index (χ1v) is 8.78. The molecule has 0 saturated carbocycles. The third-order valence-corrected chi connectivity index (χ3v) is 5.04. The van der Waals surface area contributed by atoms with Crippen LogP contribution in [0.4, 0.5) is 14.5 Å². The first-order chi connectivity index (χ1) is 11.9. The summed E-state index contributed by atoms with van der Waals surface area (Å²) in [6, 6.07) is 11.4. The van der Waals surface area contributed by atoms with Crippen LogP contribution >= 0.6 is 0 Å². The van der Waals surface area contributed by atoms with Gasteiger partial charge in [0, 0.05) is 18.3 Å². The highest BCUT2D eigenvalue weighted by Gasteiger charge is 2.41. The van der Waals surface area contributed by atoms with Crippen molar-refractivity contribution in [1.82, 2.24) is 0 Å². The van der Waals surface area contributed by atoms with Crippen LogP contribution in [0.15, 0.2) is 42.5 Å². The summed E-state index contributed by atoms with van der Waals surface area (Å²) in [5.74, 6) is -1.46. The van der Waals surface area contributed by atoms with Crippen molar-refractivity contribution < 1.29 is 13.6 Å².